The first-order chi connectivity index (χ1) is 13.2. The zero-order valence-electron chi connectivity index (χ0n) is 15.8. The zero-order valence-corrected chi connectivity index (χ0v) is 15.8. The molecule has 0 atom stereocenters. The maximum atomic E-state index is 12.4. The predicted molar refractivity (Wildman–Crippen MR) is 108 cm³/mol. The van der Waals surface area contributed by atoms with Gasteiger partial charge in [0.2, 0.25) is 0 Å². The number of rotatable bonds is 8. The van der Waals surface area contributed by atoms with Crippen molar-refractivity contribution in [1.82, 2.24) is 19.9 Å². The van der Waals surface area contributed by atoms with E-state index in [1.165, 1.54) is 0 Å². The second-order valence-corrected chi connectivity index (χ2v) is 6.13. The van der Waals surface area contributed by atoms with Crippen LogP contribution in [0.4, 0.5) is 5.69 Å². The molecule has 6 nitrogen and oxygen atoms in total. The van der Waals surface area contributed by atoms with Gasteiger partial charge in [-0.05, 0) is 50.2 Å². The molecule has 1 N–H and O–H groups in total. The maximum absolute atomic E-state index is 12.4. The van der Waals surface area contributed by atoms with Gasteiger partial charge in [0.15, 0.2) is 5.82 Å². The van der Waals surface area contributed by atoms with Crippen molar-refractivity contribution in [3.63, 3.8) is 0 Å². The van der Waals surface area contributed by atoms with Gasteiger partial charge in [0.1, 0.15) is 5.69 Å². The molecule has 2 heterocycles. The van der Waals surface area contributed by atoms with Crippen LogP contribution in [0.15, 0.2) is 61.1 Å². The van der Waals surface area contributed by atoms with Gasteiger partial charge in [-0.25, -0.2) is 4.98 Å². The van der Waals surface area contributed by atoms with Crippen LogP contribution in [0.2, 0.25) is 0 Å². The Morgan fingerprint density at radius 1 is 1.04 bits per heavy atom. The van der Waals surface area contributed by atoms with Gasteiger partial charge in [0.25, 0.3) is 5.91 Å². The number of carbonyl (C=O) groups is 1. The summed E-state index contributed by atoms with van der Waals surface area (Å²) in [7, 11) is 0. The minimum Gasteiger partial charge on any atom is -0.372 e. The summed E-state index contributed by atoms with van der Waals surface area (Å²) >= 11 is 0. The standard InChI is InChI=1S/C21H25N5O/c1-3-25(4-2)18-10-8-17(9-11-18)21(27)24-14-16-26-15-13-23-20(26)19-7-5-6-12-22-19/h5-13,15H,3-4,14,16H2,1-2H3,(H,24,27). The van der Waals surface area contributed by atoms with E-state index < -0.39 is 0 Å². The Morgan fingerprint density at radius 2 is 1.81 bits per heavy atom. The molecule has 0 unspecified atom stereocenters. The summed E-state index contributed by atoms with van der Waals surface area (Å²) in [5.41, 5.74) is 2.62. The van der Waals surface area contributed by atoms with Crippen molar-refractivity contribution in [2.75, 3.05) is 24.5 Å². The van der Waals surface area contributed by atoms with Crippen LogP contribution < -0.4 is 10.2 Å². The first-order valence-corrected chi connectivity index (χ1v) is 9.28. The number of hydrogen-bond acceptors (Lipinski definition) is 4. The van der Waals surface area contributed by atoms with Crippen molar-refractivity contribution >= 4 is 11.6 Å². The van der Waals surface area contributed by atoms with E-state index in [2.05, 4.69) is 34.0 Å². The number of anilines is 1. The predicted octanol–water partition coefficient (Wildman–Crippen LogP) is 3.22. The fourth-order valence-corrected chi connectivity index (χ4v) is 3.02. The Bertz CT molecular complexity index is 854. The molecule has 0 aliphatic carbocycles. The van der Waals surface area contributed by atoms with Crippen molar-refractivity contribution < 1.29 is 4.79 Å². The van der Waals surface area contributed by atoms with E-state index in [0.717, 1.165) is 30.3 Å². The number of hydrogen-bond donors (Lipinski definition) is 1. The molecule has 0 radical (unpaired) electrons. The number of nitrogens with one attached hydrogen (secondary N) is 1. The fraction of sp³-hybridized carbons (Fsp3) is 0.286. The number of amides is 1. The van der Waals surface area contributed by atoms with E-state index in [-0.39, 0.29) is 5.91 Å². The molecule has 1 aromatic carbocycles. The molecule has 6 heteroatoms. The molecule has 0 aliphatic rings. The van der Waals surface area contributed by atoms with Gasteiger partial charge in [-0.1, -0.05) is 6.07 Å². The fourth-order valence-electron chi connectivity index (χ4n) is 3.02. The number of nitrogens with zero attached hydrogens (tertiary/aromatic N) is 4. The SMILES string of the molecule is CCN(CC)c1ccc(C(=O)NCCn2ccnc2-c2ccccn2)cc1. The minimum atomic E-state index is -0.0689. The highest BCUT2D eigenvalue weighted by Crippen LogP contribution is 2.15. The van der Waals surface area contributed by atoms with Crippen LogP contribution in [0.1, 0.15) is 24.2 Å². The van der Waals surface area contributed by atoms with E-state index in [9.17, 15) is 4.79 Å². The minimum absolute atomic E-state index is 0.0689. The first-order valence-electron chi connectivity index (χ1n) is 9.28. The third kappa shape index (κ3) is 4.53. The molecule has 0 bridgehead atoms. The molecular formula is C21H25N5O. The van der Waals surface area contributed by atoms with Crippen LogP contribution in [-0.2, 0) is 6.54 Å². The number of carbonyl (C=O) groups excluding carboxylic acids is 1. The summed E-state index contributed by atoms with van der Waals surface area (Å²) in [4.78, 5) is 23.3. The highest BCUT2D eigenvalue weighted by molar-refractivity contribution is 5.94. The van der Waals surface area contributed by atoms with E-state index in [1.807, 2.05) is 53.2 Å². The topological polar surface area (TPSA) is 63.1 Å². The van der Waals surface area contributed by atoms with Crippen LogP contribution in [0.3, 0.4) is 0 Å². The monoisotopic (exact) mass is 363 g/mol. The molecule has 0 fully saturated rings. The van der Waals surface area contributed by atoms with Gasteiger partial charge >= 0.3 is 0 Å². The van der Waals surface area contributed by atoms with Crippen molar-refractivity contribution in [2.45, 2.75) is 20.4 Å². The average Bonchev–Trinajstić information content (AvgIpc) is 3.18. The van der Waals surface area contributed by atoms with Gasteiger partial charge in [0, 0.05) is 56.0 Å². The number of benzene rings is 1. The molecule has 0 aliphatic heterocycles. The Balaban J connectivity index is 1.57. The van der Waals surface area contributed by atoms with Crippen LogP contribution in [0.25, 0.3) is 11.5 Å². The van der Waals surface area contributed by atoms with Crippen LogP contribution >= 0.6 is 0 Å². The third-order valence-electron chi connectivity index (χ3n) is 4.51. The molecule has 2 aromatic heterocycles. The van der Waals surface area contributed by atoms with Crippen LogP contribution in [0.5, 0.6) is 0 Å². The summed E-state index contributed by atoms with van der Waals surface area (Å²) in [6.07, 6.45) is 5.39. The normalized spacial score (nSPS) is 10.6. The molecule has 1 amide bonds. The lowest BCUT2D eigenvalue weighted by Crippen LogP contribution is -2.27. The molecule has 0 saturated heterocycles. The van der Waals surface area contributed by atoms with E-state index in [4.69, 9.17) is 0 Å². The molecule has 140 valence electrons. The Morgan fingerprint density at radius 3 is 2.48 bits per heavy atom. The van der Waals surface area contributed by atoms with E-state index in [1.54, 1.807) is 12.4 Å². The van der Waals surface area contributed by atoms with Gasteiger partial charge in [0.05, 0.1) is 0 Å². The van der Waals surface area contributed by atoms with Gasteiger partial charge in [-0.15, -0.1) is 0 Å². The van der Waals surface area contributed by atoms with E-state index >= 15 is 0 Å². The van der Waals surface area contributed by atoms with Crippen LogP contribution in [0, 0.1) is 0 Å². The highest BCUT2D eigenvalue weighted by atomic mass is 16.1. The Hall–Kier alpha value is -3.15. The average molecular weight is 363 g/mol. The van der Waals surface area contributed by atoms with Gasteiger partial charge in [-0.3, -0.25) is 9.78 Å². The largest absolute Gasteiger partial charge is 0.372 e. The van der Waals surface area contributed by atoms with Gasteiger partial charge < -0.3 is 14.8 Å². The summed E-state index contributed by atoms with van der Waals surface area (Å²) in [5, 5.41) is 2.97. The summed E-state index contributed by atoms with van der Waals surface area (Å²) in [6.45, 7) is 7.30. The number of imidazole rings is 1. The Labute approximate surface area is 159 Å². The molecule has 0 spiro atoms. The first kappa shape index (κ1) is 18.6. The van der Waals surface area contributed by atoms with Crippen molar-refractivity contribution in [3.8, 4) is 11.5 Å². The smallest absolute Gasteiger partial charge is 0.251 e. The lowest BCUT2D eigenvalue weighted by molar-refractivity contribution is 0.0952. The van der Waals surface area contributed by atoms with Crippen molar-refractivity contribution in [1.29, 1.82) is 0 Å². The highest BCUT2D eigenvalue weighted by Gasteiger charge is 2.09. The molecule has 3 rings (SSSR count). The number of aromatic nitrogens is 3. The summed E-state index contributed by atoms with van der Waals surface area (Å²) in [5.74, 6) is 0.731. The quantitative estimate of drug-likeness (QED) is 0.667. The molecule has 27 heavy (non-hydrogen) atoms. The second-order valence-electron chi connectivity index (χ2n) is 6.13. The lowest BCUT2D eigenvalue weighted by atomic mass is 10.2. The lowest BCUT2D eigenvalue weighted by Gasteiger charge is -2.21. The van der Waals surface area contributed by atoms with Crippen molar-refractivity contribution in [3.05, 3.63) is 66.6 Å². The van der Waals surface area contributed by atoms with Crippen molar-refractivity contribution in [2.24, 2.45) is 0 Å². The third-order valence-corrected chi connectivity index (χ3v) is 4.51. The second kappa shape index (κ2) is 8.98. The van der Waals surface area contributed by atoms with E-state index in [0.29, 0.717) is 18.7 Å². The Kier molecular flexibility index (Phi) is 6.20. The molecular weight excluding hydrogens is 338 g/mol. The summed E-state index contributed by atoms with van der Waals surface area (Å²) < 4.78 is 1.99. The van der Waals surface area contributed by atoms with Gasteiger partial charge in [-0.2, -0.15) is 0 Å². The van der Waals surface area contributed by atoms with Crippen LogP contribution in [-0.4, -0.2) is 40.1 Å². The number of pyridine rings is 1. The molecule has 3 aromatic rings. The maximum Gasteiger partial charge on any atom is 0.251 e. The molecule has 0 saturated carbocycles. The summed E-state index contributed by atoms with van der Waals surface area (Å²) in [6, 6.07) is 13.5. The zero-order chi connectivity index (χ0) is 19.1.